The quantitative estimate of drug-likeness (QED) is 0.832. The number of hydrogen-bond donors (Lipinski definition) is 2. The predicted molar refractivity (Wildman–Crippen MR) is 82.9 cm³/mol. The number of nitrogens with zero attached hydrogens (tertiary/aromatic N) is 1. The average molecular weight is 327 g/mol. The van der Waals surface area contributed by atoms with Crippen molar-refractivity contribution in [3.8, 4) is 0 Å². The highest BCUT2D eigenvalue weighted by Crippen LogP contribution is 2.14. The molecule has 1 amide bonds. The first-order chi connectivity index (χ1) is 10.2. The van der Waals surface area contributed by atoms with E-state index in [1.165, 1.54) is 24.3 Å². The van der Waals surface area contributed by atoms with Crippen LogP contribution in [-0.4, -0.2) is 51.1 Å². The Labute approximate surface area is 130 Å². The van der Waals surface area contributed by atoms with Crippen molar-refractivity contribution in [1.82, 2.24) is 4.90 Å². The van der Waals surface area contributed by atoms with E-state index in [1.807, 2.05) is 18.7 Å². The van der Waals surface area contributed by atoms with Gasteiger partial charge in [-0.15, -0.1) is 0 Å². The Morgan fingerprint density at radius 3 is 2.32 bits per heavy atom. The van der Waals surface area contributed by atoms with Crippen LogP contribution in [0.2, 0.25) is 0 Å². The summed E-state index contributed by atoms with van der Waals surface area (Å²) < 4.78 is 27.9. The molecular weight excluding hydrogens is 306 g/mol. The van der Waals surface area contributed by atoms with E-state index in [0.29, 0.717) is 18.8 Å². The number of nitrogens with two attached hydrogens (primary N) is 1. The number of morpholine rings is 1. The van der Waals surface area contributed by atoms with E-state index in [2.05, 4.69) is 5.32 Å². The summed E-state index contributed by atoms with van der Waals surface area (Å²) in [6.45, 7) is 5.65. The van der Waals surface area contributed by atoms with Crippen LogP contribution in [0.1, 0.15) is 13.8 Å². The first-order valence-corrected chi connectivity index (χ1v) is 8.59. The van der Waals surface area contributed by atoms with Crippen molar-refractivity contribution in [3.63, 3.8) is 0 Å². The summed E-state index contributed by atoms with van der Waals surface area (Å²) in [5.74, 6) is -0.148. The number of rotatable bonds is 4. The molecular formula is C14H21N3O4S. The van der Waals surface area contributed by atoms with Crippen molar-refractivity contribution in [2.24, 2.45) is 5.14 Å². The van der Waals surface area contributed by atoms with Crippen molar-refractivity contribution >= 4 is 21.6 Å². The van der Waals surface area contributed by atoms with Gasteiger partial charge < -0.3 is 10.1 Å². The van der Waals surface area contributed by atoms with E-state index in [1.54, 1.807) is 0 Å². The van der Waals surface area contributed by atoms with Gasteiger partial charge in [0, 0.05) is 18.8 Å². The summed E-state index contributed by atoms with van der Waals surface area (Å²) >= 11 is 0. The third kappa shape index (κ3) is 4.77. The van der Waals surface area contributed by atoms with Gasteiger partial charge in [0.05, 0.1) is 23.6 Å². The van der Waals surface area contributed by atoms with Crippen molar-refractivity contribution in [3.05, 3.63) is 24.3 Å². The van der Waals surface area contributed by atoms with Gasteiger partial charge in [0.1, 0.15) is 0 Å². The minimum Gasteiger partial charge on any atom is -0.373 e. The fraction of sp³-hybridized carbons (Fsp3) is 0.500. The molecule has 1 aromatic carbocycles. The topological polar surface area (TPSA) is 102 Å². The second kappa shape index (κ2) is 6.74. The third-order valence-corrected chi connectivity index (χ3v) is 4.26. The van der Waals surface area contributed by atoms with Crippen LogP contribution < -0.4 is 10.5 Å². The molecule has 1 heterocycles. The van der Waals surface area contributed by atoms with Crippen molar-refractivity contribution in [1.29, 1.82) is 0 Å². The normalized spacial score (nSPS) is 23.2. The minimum atomic E-state index is -3.72. The van der Waals surface area contributed by atoms with Crippen LogP contribution >= 0.6 is 0 Å². The summed E-state index contributed by atoms with van der Waals surface area (Å²) in [5, 5.41) is 7.76. The van der Waals surface area contributed by atoms with Gasteiger partial charge in [-0.3, -0.25) is 9.69 Å². The van der Waals surface area contributed by atoms with Crippen LogP contribution in [0, 0.1) is 0 Å². The smallest absolute Gasteiger partial charge is 0.238 e. The third-order valence-electron chi connectivity index (χ3n) is 3.33. The molecule has 1 aromatic rings. The Balaban J connectivity index is 1.92. The predicted octanol–water partition coefficient (Wildman–Crippen LogP) is 0.382. The van der Waals surface area contributed by atoms with Crippen LogP contribution in [-0.2, 0) is 19.6 Å². The number of ether oxygens (including phenoxy) is 1. The number of anilines is 1. The Hall–Kier alpha value is -1.48. The molecule has 7 nitrogen and oxygen atoms in total. The van der Waals surface area contributed by atoms with Gasteiger partial charge in [-0.2, -0.15) is 0 Å². The van der Waals surface area contributed by atoms with Crippen LogP contribution in [0.3, 0.4) is 0 Å². The number of hydrogen-bond acceptors (Lipinski definition) is 5. The molecule has 1 saturated heterocycles. The molecule has 2 atom stereocenters. The van der Waals surface area contributed by atoms with Crippen molar-refractivity contribution in [2.75, 3.05) is 25.0 Å². The van der Waals surface area contributed by atoms with E-state index in [4.69, 9.17) is 9.88 Å². The SMILES string of the molecule is C[C@@H]1CN(CC(=O)Nc2ccc(S(N)(=O)=O)cc2)C[C@@H](C)O1. The number of amides is 1. The van der Waals surface area contributed by atoms with E-state index in [-0.39, 0.29) is 29.6 Å². The fourth-order valence-corrected chi connectivity index (χ4v) is 3.06. The van der Waals surface area contributed by atoms with Crippen LogP contribution in [0.4, 0.5) is 5.69 Å². The summed E-state index contributed by atoms with van der Waals surface area (Å²) in [6.07, 6.45) is 0.205. The molecule has 0 saturated carbocycles. The number of carbonyl (C=O) groups excluding carboxylic acids is 1. The standard InChI is InChI=1S/C14H21N3O4S/c1-10-7-17(8-11(2)21-10)9-14(18)16-12-3-5-13(6-4-12)22(15,19)20/h3-6,10-11H,7-9H2,1-2H3,(H,16,18)(H2,15,19,20)/t10-,11-/m1/s1. The van der Waals surface area contributed by atoms with Crippen molar-refractivity contribution in [2.45, 2.75) is 31.0 Å². The Morgan fingerprint density at radius 2 is 1.82 bits per heavy atom. The molecule has 8 heteroatoms. The van der Waals surface area contributed by atoms with Gasteiger partial charge in [-0.05, 0) is 38.1 Å². The van der Waals surface area contributed by atoms with Gasteiger partial charge in [-0.1, -0.05) is 0 Å². The molecule has 1 fully saturated rings. The number of sulfonamides is 1. The largest absolute Gasteiger partial charge is 0.373 e. The lowest BCUT2D eigenvalue weighted by Gasteiger charge is -2.34. The fourth-order valence-electron chi connectivity index (χ4n) is 2.55. The maximum atomic E-state index is 12.0. The van der Waals surface area contributed by atoms with Gasteiger partial charge in [0.2, 0.25) is 15.9 Å². The molecule has 3 N–H and O–H groups in total. The van der Waals surface area contributed by atoms with Gasteiger partial charge in [0.25, 0.3) is 0 Å². The molecule has 1 aliphatic heterocycles. The maximum absolute atomic E-state index is 12.0. The molecule has 0 unspecified atom stereocenters. The number of benzene rings is 1. The zero-order valence-electron chi connectivity index (χ0n) is 12.7. The highest BCUT2D eigenvalue weighted by Gasteiger charge is 2.23. The first-order valence-electron chi connectivity index (χ1n) is 7.04. The molecule has 0 spiro atoms. The van der Waals surface area contributed by atoms with E-state index in [0.717, 1.165) is 0 Å². The zero-order chi connectivity index (χ0) is 16.3. The summed E-state index contributed by atoms with van der Waals surface area (Å²) in [4.78, 5) is 14.1. The maximum Gasteiger partial charge on any atom is 0.238 e. The van der Waals surface area contributed by atoms with Crippen LogP contribution in [0.15, 0.2) is 29.2 Å². The van der Waals surface area contributed by atoms with Crippen LogP contribution in [0.5, 0.6) is 0 Å². The molecule has 1 aliphatic rings. The van der Waals surface area contributed by atoms with Gasteiger partial charge in [0.15, 0.2) is 0 Å². The molecule has 2 rings (SSSR count). The molecule has 0 bridgehead atoms. The monoisotopic (exact) mass is 327 g/mol. The van der Waals surface area contributed by atoms with Gasteiger partial charge in [-0.25, -0.2) is 13.6 Å². The zero-order valence-corrected chi connectivity index (χ0v) is 13.5. The molecule has 0 radical (unpaired) electrons. The molecule has 122 valence electrons. The van der Waals surface area contributed by atoms with E-state index in [9.17, 15) is 13.2 Å². The Bertz CT molecular complexity index is 620. The average Bonchev–Trinajstić information content (AvgIpc) is 2.36. The van der Waals surface area contributed by atoms with Crippen LogP contribution in [0.25, 0.3) is 0 Å². The summed E-state index contributed by atoms with van der Waals surface area (Å²) in [6, 6.07) is 5.76. The number of primary sulfonamides is 1. The van der Waals surface area contributed by atoms with Gasteiger partial charge >= 0.3 is 0 Å². The number of carbonyl (C=O) groups is 1. The highest BCUT2D eigenvalue weighted by atomic mass is 32.2. The Morgan fingerprint density at radius 1 is 1.27 bits per heavy atom. The lowest BCUT2D eigenvalue weighted by Crippen LogP contribution is -2.48. The minimum absolute atomic E-state index is 0.0151. The lowest BCUT2D eigenvalue weighted by molar-refractivity contribution is -0.121. The Kier molecular flexibility index (Phi) is 5.17. The second-order valence-corrected chi connectivity index (χ2v) is 7.13. The lowest BCUT2D eigenvalue weighted by atomic mass is 10.2. The summed E-state index contributed by atoms with van der Waals surface area (Å²) in [5.41, 5.74) is 0.534. The number of nitrogens with one attached hydrogen (secondary N) is 1. The van der Waals surface area contributed by atoms with Crippen molar-refractivity contribution < 1.29 is 17.9 Å². The highest BCUT2D eigenvalue weighted by molar-refractivity contribution is 7.89. The first kappa shape index (κ1) is 16.9. The van der Waals surface area contributed by atoms with E-state index >= 15 is 0 Å². The molecule has 22 heavy (non-hydrogen) atoms. The molecule has 0 aromatic heterocycles. The van der Waals surface area contributed by atoms with E-state index < -0.39 is 10.0 Å². The second-order valence-electron chi connectivity index (χ2n) is 5.57. The summed E-state index contributed by atoms with van der Waals surface area (Å²) in [7, 11) is -3.72. The molecule has 0 aliphatic carbocycles.